The molecule has 0 saturated heterocycles. The molecule has 19 heavy (non-hydrogen) atoms. The molecular weight excluding hydrogens is 240 g/mol. The fraction of sp³-hybridized carbons (Fsp3) is 0.133. The Labute approximate surface area is 110 Å². The van der Waals surface area contributed by atoms with E-state index in [4.69, 9.17) is 4.74 Å². The van der Waals surface area contributed by atoms with Gasteiger partial charge in [-0.15, -0.1) is 0 Å². The molecule has 1 N–H and O–H groups in total. The second-order valence-electron chi connectivity index (χ2n) is 4.58. The standard InChI is InChI=1S/C15H14N2O2/c1-10-7-12(18)4-6-15(10)19-13-5-3-11-9-17(2)16-14(11)8-13/h3-9,18H,1-2H3. The first-order valence-corrected chi connectivity index (χ1v) is 6.03. The number of benzene rings is 2. The normalized spacial score (nSPS) is 10.8. The first-order valence-electron chi connectivity index (χ1n) is 6.03. The van der Waals surface area contributed by atoms with Crippen LogP contribution >= 0.6 is 0 Å². The number of aryl methyl sites for hydroxylation is 2. The van der Waals surface area contributed by atoms with Gasteiger partial charge in [0.05, 0.1) is 5.52 Å². The fourth-order valence-electron chi connectivity index (χ4n) is 2.06. The van der Waals surface area contributed by atoms with Crippen molar-refractivity contribution in [1.29, 1.82) is 0 Å². The van der Waals surface area contributed by atoms with Crippen LogP contribution in [0.2, 0.25) is 0 Å². The summed E-state index contributed by atoms with van der Waals surface area (Å²) in [5.74, 6) is 1.71. The summed E-state index contributed by atoms with van der Waals surface area (Å²) in [6.07, 6.45) is 1.96. The first kappa shape index (κ1) is 11.6. The van der Waals surface area contributed by atoms with E-state index in [9.17, 15) is 5.11 Å². The predicted octanol–water partition coefficient (Wildman–Crippen LogP) is 3.38. The molecule has 0 fully saturated rings. The molecule has 0 spiro atoms. The zero-order valence-corrected chi connectivity index (χ0v) is 10.8. The zero-order chi connectivity index (χ0) is 13.4. The van der Waals surface area contributed by atoms with Crippen molar-refractivity contribution in [3.63, 3.8) is 0 Å². The number of nitrogens with zero attached hydrogens (tertiary/aromatic N) is 2. The predicted molar refractivity (Wildman–Crippen MR) is 73.6 cm³/mol. The second kappa shape index (κ2) is 4.31. The van der Waals surface area contributed by atoms with Crippen LogP contribution in [0, 0.1) is 6.92 Å². The van der Waals surface area contributed by atoms with Crippen LogP contribution in [0.3, 0.4) is 0 Å². The van der Waals surface area contributed by atoms with Crippen LogP contribution in [0.25, 0.3) is 10.9 Å². The molecule has 3 aromatic rings. The Morgan fingerprint density at radius 2 is 2.00 bits per heavy atom. The number of aromatic nitrogens is 2. The van der Waals surface area contributed by atoms with Gasteiger partial charge in [-0.2, -0.15) is 5.10 Å². The molecule has 2 aromatic carbocycles. The maximum absolute atomic E-state index is 9.38. The molecule has 0 atom stereocenters. The van der Waals surface area contributed by atoms with E-state index in [1.165, 1.54) is 0 Å². The molecule has 0 aliphatic rings. The molecule has 4 nitrogen and oxygen atoms in total. The van der Waals surface area contributed by atoms with Gasteiger partial charge in [-0.05, 0) is 42.8 Å². The molecule has 0 saturated carbocycles. The van der Waals surface area contributed by atoms with Crippen molar-refractivity contribution in [3.8, 4) is 17.2 Å². The van der Waals surface area contributed by atoms with Crippen molar-refractivity contribution in [2.75, 3.05) is 0 Å². The van der Waals surface area contributed by atoms with Gasteiger partial charge in [0, 0.05) is 24.7 Å². The summed E-state index contributed by atoms with van der Waals surface area (Å²) in [7, 11) is 1.89. The van der Waals surface area contributed by atoms with Crippen LogP contribution in [0.4, 0.5) is 0 Å². The third kappa shape index (κ3) is 2.25. The Morgan fingerprint density at radius 1 is 1.16 bits per heavy atom. The van der Waals surface area contributed by atoms with Crippen LogP contribution in [0.1, 0.15) is 5.56 Å². The fourth-order valence-corrected chi connectivity index (χ4v) is 2.06. The summed E-state index contributed by atoms with van der Waals surface area (Å²) in [4.78, 5) is 0. The number of rotatable bonds is 2. The Balaban J connectivity index is 1.96. The van der Waals surface area contributed by atoms with Crippen molar-refractivity contribution >= 4 is 10.9 Å². The van der Waals surface area contributed by atoms with Gasteiger partial charge in [0.2, 0.25) is 0 Å². The summed E-state index contributed by atoms with van der Waals surface area (Å²) in [5, 5.41) is 14.8. The minimum Gasteiger partial charge on any atom is -0.508 e. The van der Waals surface area contributed by atoms with E-state index >= 15 is 0 Å². The van der Waals surface area contributed by atoms with Gasteiger partial charge in [-0.25, -0.2) is 0 Å². The first-order chi connectivity index (χ1) is 9.11. The van der Waals surface area contributed by atoms with Crippen molar-refractivity contribution in [2.45, 2.75) is 6.92 Å². The average Bonchev–Trinajstić information content (AvgIpc) is 2.72. The molecule has 0 radical (unpaired) electrons. The second-order valence-corrected chi connectivity index (χ2v) is 4.58. The van der Waals surface area contributed by atoms with Crippen molar-refractivity contribution in [2.24, 2.45) is 7.05 Å². The van der Waals surface area contributed by atoms with E-state index in [0.29, 0.717) is 0 Å². The average molecular weight is 254 g/mol. The number of phenols is 1. The third-order valence-corrected chi connectivity index (χ3v) is 2.98. The highest BCUT2D eigenvalue weighted by Gasteiger charge is 2.05. The van der Waals surface area contributed by atoms with E-state index in [1.807, 2.05) is 38.4 Å². The van der Waals surface area contributed by atoms with Crippen molar-refractivity contribution < 1.29 is 9.84 Å². The van der Waals surface area contributed by atoms with Gasteiger partial charge in [0.1, 0.15) is 17.2 Å². The summed E-state index contributed by atoms with van der Waals surface area (Å²) in [5.41, 5.74) is 1.79. The van der Waals surface area contributed by atoms with Crippen LogP contribution in [-0.2, 0) is 7.05 Å². The number of aromatic hydroxyl groups is 1. The molecule has 0 aliphatic carbocycles. The van der Waals surface area contributed by atoms with E-state index in [1.54, 1.807) is 22.9 Å². The molecule has 0 bridgehead atoms. The minimum atomic E-state index is 0.241. The maximum atomic E-state index is 9.38. The number of fused-ring (bicyclic) bond motifs is 1. The van der Waals surface area contributed by atoms with Gasteiger partial charge < -0.3 is 9.84 Å². The van der Waals surface area contributed by atoms with Crippen LogP contribution in [0.15, 0.2) is 42.6 Å². The van der Waals surface area contributed by atoms with E-state index in [2.05, 4.69) is 5.10 Å². The Kier molecular flexibility index (Phi) is 2.63. The zero-order valence-electron chi connectivity index (χ0n) is 10.8. The van der Waals surface area contributed by atoms with Crippen molar-refractivity contribution in [1.82, 2.24) is 9.78 Å². The van der Waals surface area contributed by atoms with Gasteiger partial charge >= 0.3 is 0 Å². The van der Waals surface area contributed by atoms with Gasteiger partial charge in [0.15, 0.2) is 0 Å². The number of hydrogen-bond donors (Lipinski definition) is 1. The monoisotopic (exact) mass is 254 g/mol. The Morgan fingerprint density at radius 3 is 2.79 bits per heavy atom. The summed E-state index contributed by atoms with van der Waals surface area (Å²) in [6.45, 7) is 1.90. The van der Waals surface area contributed by atoms with Gasteiger partial charge in [0.25, 0.3) is 0 Å². The largest absolute Gasteiger partial charge is 0.508 e. The van der Waals surface area contributed by atoms with Crippen LogP contribution in [-0.4, -0.2) is 14.9 Å². The summed E-state index contributed by atoms with van der Waals surface area (Å²) >= 11 is 0. The molecule has 1 heterocycles. The SMILES string of the molecule is Cc1cc(O)ccc1Oc1ccc2cn(C)nc2c1. The highest BCUT2D eigenvalue weighted by atomic mass is 16.5. The maximum Gasteiger partial charge on any atom is 0.130 e. The molecule has 0 aliphatic heterocycles. The molecule has 0 unspecified atom stereocenters. The lowest BCUT2D eigenvalue weighted by atomic mass is 10.2. The minimum absolute atomic E-state index is 0.241. The van der Waals surface area contributed by atoms with Crippen molar-refractivity contribution in [3.05, 3.63) is 48.2 Å². The van der Waals surface area contributed by atoms with E-state index < -0.39 is 0 Å². The van der Waals surface area contributed by atoms with Crippen LogP contribution < -0.4 is 4.74 Å². The summed E-state index contributed by atoms with van der Waals surface area (Å²) < 4.78 is 7.60. The smallest absolute Gasteiger partial charge is 0.130 e. The summed E-state index contributed by atoms with van der Waals surface area (Å²) in [6, 6.07) is 10.8. The highest BCUT2D eigenvalue weighted by molar-refractivity contribution is 5.79. The van der Waals surface area contributed by atoms with Gasteiger partial charge in [-0.3, -0.25) is 4.68 Å². The quantitative estimate of drug-likeness (QED) is 0.762. The molecule has 96 valence electrons. The molecular formula is C15H14N2O2. The number of ether oxygens (including phenoxy) is 1. The molecule has 0 amide bonds. The lowest BCUT2D eigenvalue weighted by Gasteiger charge is -2.08. The number of phenolic OH excluding ortho intramolecular Hbond substituents is 1. The Bertz CT molecular complexity index is 747. The van der Waals surface area contributed by atoms with Gasteiger partial charge in [-0.1, -0.05) is 0 Å². The molecule has 3 rings (SSSR count). The molecule has 4 heteroatoms. The lowest BCUT2D eigenvalue weighted by Crippen LogP contribution is -1.88. The van der Waals surface area contributed by atoms with E-state index in [-0.39, 0.29) is 5.75 Å². The van der Waals surface area contributed by atoms with Crippen LogP contribution in [0.5, 0.6) is 17.2 Å². The van der Waals surface area contributed by atoms with E-state index in [0.717, 1.165) is 28.0 Å². The molecule has 1 aromatic heterocycles. The lowest BCUT2D eigenvalue weighted by molar-refractivity contribution is 0.462. The third-order valence-electron chi connectivity index (χ3n) is 2.98. The Hall–Kier alpha value is -2.49. The topological polar surface area (TPSA) is 47.3 Å². The number of hydrogen-bond acceptors (Lipinski definition) is 3. The highest BCUT2D eigenvalue weighted by Crippen LogP contribution is 2.29.